The molecule has 12 heavy (non-hydrogen) atoms. The van der Waals surface area contributed by atoms with Crippen LogP contribution < -0.4 is 0 Å². The predicted octanol–water partition coefficient (Wildman–Crippen LogP) is 1.39. The Morgan fingerprint density at radius 2 is 1.33 bits per heavy atom. The molecule has 3 aliphatic carbocycles. The van der Waals surface area contributed by atoms with Gasteiger partial charge < -0.3 is 10.0 Å². The quantitative estimate of drug-likeness (QED) is 0.641. The van der Waals surface area contributed by atoms with Gasteiger partial charge in [-0.3, -0.25) is 0 Å². The van der Waals surface area contributed by atoms with E-state index in [1.807, 2.05) is 0 Å². The van der Waals surface area contributed by atoms with Crippen molar-refractivity contribution in [1.82, 2.24) is 4.90 Å². The first-order valence-corrected chi connectivity index (χ1v) is 4.96. The number of hydrogen-bond acceptors (Lipinski definition) is 2. The zero-order chi connectivity index (χ0) is 8.82. The second-order valence-corrected chi connectivity index (χ2v) is 4.84. The van der Waals surface area contributed by atoms with Crippen molar-refractivity contribution in [3.63, 3.8) is 0 Å². The van der Waals surface area contributed by atoms with Crippen LogP contribution in [0.5, 0.6) is 0 Å². The summed E-state index contributed by atoms with van der Waals surface area (Å²) in [4.78, 5) is 2.37. The van der Waals surface area contributed by atoms with E-state index in [1.54, 1.807) is 0 Å². The standard InChI is InChI=1S/C10H19NO/c1-11(2)9-3-6-10(12,7-4-9)8-5-9/h12H,3-8H2,1-2H3. The van der Waals surface area contributed by atoms with E-state index in [-0.39, 0.29) is 5.60 Å². The Bertz CT molecular complexity index is 164. The molecule has 0 heterocycles. The molecule has 0 aromatic carbocycles. The van der Waals surface area contributed by atoms with Crippen LogP contribution in [-0.2, 0) is 0 Å². The van der Waals surface area contributed by atoms with Gasteiger partial charge in [0.2, 0.25) is 0 Å². The summed E-state index contributed by atoms with van der Waals surface area (Å²) in [6.45, 7) is 0. The van der Waals surface area contributed by atoms with Crippen molar-refractivity contribution < 1.29 is 5.11 Å². The molecule has 3 saturated carbocycles. The van der Waals surface area contributed by atoms with Crippen molar-refractivity contribution in [3.8, 4) is 0 Å². The van der Waals surface area contributed by atoms with Crippen molar-refractivity contribution in [2.45, 2.75) is 49.7 Å². The number of hydrogen-bond donors (Lipinski definition) is 1. The zero-order valence-corrected chi connectivity index (χ0v) is 8.14. The summed E-state index contributed by atoms with van der Waals surface area (Å²) in [5.74, 6) is 0. The monoisotopic (exact) mass is 169 g/mol. The van der Waals surface area contributed by atoms with Gasteiger partial charge in [-0.05, 0) is 52.6 Å². The molecule has 2 nitrogen and oxygen atoms in total. The van der Waals surface area contributed by atoms with E-state index in [9.17, 15) is 5.11 Å². The van der Waals surface area contributed by atoms with Crippen LogP contribution in [0.1, 0.15) is 38.5 Å². The molecule has 2 heteroatoms. The summed E-state index contributed by atoms with van der Waals surface area (Å²) in [5.41, 5.74) is 0.155. The normalized spacial score (nSPS) is 47.0. The van der Waals surface area contributed by atoms with Crippen molar-refractivity contribution in [2.24, 2.45) is 0 Å². The second kappa shape index (κ2) is 2.46. The lowest BCUT2D eigenvalue weighted by Crippen LogP contribution is -2.56. The number of aliphatic hydroxyl groups is 1. The third-order valence-electron chi connectivity index (χ3n) is 4.12. The van der Waals surface area contributed by atoms with Crippen LogP contribution in [0.2, 0.25) is 0 Å². The fourth-order valence-corrected chi connectivity index (χ4v) is 2.82. The van der Waals surface area contributed by atoms with Crippen LogP contribution in [0.25, 0.3) is 0 Å². The average Bonchev–Trinajstić information content (AvgIpc) is 2.06. The minimum atomic E-state index is -0.280. The molecule has 2 bridgehead atoms. The topological polar surface area (TPSA) is 23.5 Å². The smallest absolute Gasteiger partial charge is 0.0649 e. The van der Waals surface area contributed by atoms with Crippen LogP contribution in [0, 0.1) is 0 Å². The van der Waals surface area contributed by atoms with Crippen LogP contribution in [0.4, 0.5) is 0 Å². The Labute approximate surface area is 74.6 Å². The molecule has 0 unspecified atom stereocenters. The van der Waals surface area contributed by atoms with Crippen molar-refractivity contribution in [1.29, 1.82) is 0 Å². The number of nitrogens with zero attached hydrogens (tertiary/aromatic N) is 1. The minimum Gasteiger partial charge on any atom is -0.390 e. The van der Waals surface area contributed by atoms with Crippen molar-refractivity contribution >= 4 is 0 Å². The van der Waals surface area contributed by atoms with E-state index >= 15 is 0 Å². The molecule has 3 rings (SSSR count). The Morgan fingerprint density at radius 3 is 1.67 bits per heavy atom. The highest BCUT2D eigenvalue weighted by Crippen LogP contribution is 2.48. The summed E-state index contributed by atoms with van der Waals surface area (Å²) >= 11 is 0. The number of fused-ring (bicyclic) bond motifs is 3. The van der Waals surface area contributed by atoms with E-state index in [0.29, 0.717) is 5.54 Å². The van der Waals surface area contributed by atoms with Gasteiger partial charge in [-0.15, -0.1) is 0 Å². The molecule has 0 aromatic rings. The molecule has 70 valence electrons. The van der Waals surface area contributed by atoms with E-state index in [1.165, 1.54) is 19.3 Å². The van der Waals surface area contributed by atoms with Gasteiger partial charge in [-0.25, -0.2) is 0 Å². The summed E-state index contributed by atoms with van der Waals surface area (Å²) in [7, 11) is 4.35. The number of rotatable bonds is 1. The van der Waals surface area contributed by atoms with E-state index in [0.717, 1.165) is 19.3 Å². The molecule has 0 saturated heterocycles. The van der Waals surface area contributed by atoms with Gasteiger partial charge in [-0.1, -0.05) is 0 Å². The largest absolute Gasteiger partial charge is 0.390 e. The van der Waals surface area contributed by atoms with Gasteiger partial charge in [0.15, 0.2) is 0 Å². The maximum absolute atomic E-state index is 10.00. The summed E-state index contributed by atoms with van der Waals surface area (Å²) in [5, 5.41) is 10.00. The lowest BCUT2D eigenvalue weighted by Gasteiger charge is -2.54. The molecule has 0 radical (unpaired) electrons. The maximum atomic E-state index is 10.00. The molecule has 3 aliphatic rings. The van der Waals surface area contributed by atoms with Crippen LogP contribution in [0.15, 0.2) is 0 Å². The highest BCUT2D eigenvalue weighted by Gasteiger charge is 2.48. The van der Waals surface area contributed by atoms with Gasteiger partial charge in [0, 0.05) is 5.54 Å². The highest BCUT2D eigenvalue weighted by molar-refractivity contribution is 5.04. The summed E-state index contributed by atoms with van der Waals surface area (Å²) in [6.07, 6.45) is 6.63. The Morgan fingerprint density at radius 1 is 0.917 bits per heavy atom. The Kier molecular flexibility index (Phi) is 1.74. The third kappa shape index (κ3) is 1.09. The van der Waals surface area contributed by atoms with Gasteiger partial charge >= 0.3 is 0 Å². The lowest BCUT2D eigenvalue weighted by atomic mass is 9.63. The molecule has 0 spiro atoms. The molecular weight excluding hydrogens is 150 g/mol. The van der Waals surface area contributed by atoms with Gasteiger partial charge in [-0.2, -0.15) is 0 Å². The summed E-state index contributed by atoms with van der Waals surface area (Å²) < 4.78 is 0. The van der Waals surface area contributed by atoms with E-state index in [4.69, 9.17) is 0 Å². The average molecular weight is 169 g/mol. The molecule has 0 atom stereocenters. The molecule has 0 aliphatic heterocycles. The highest BCUT2D eigenvalue weighted by atomic mass is 16.3. The SMILES string of the molecule is CN(C)C12CCC(O)(CC1)CC2. The second-order valence-electron chi connectivity index (χ2n) is 4.84. The van der Waals surface area contributed by atoms with E-state index < -0.39 is 0 Å². The Balaban J connectivity index is 2.14. The lowest BCUT2D eigenvalue weighted by molar-refractivity contribution is -0.0997. The van der Waals surface area contributed by atoms with Gasteiger partial charge in [0.25, 0.3) is 0 Å². The molecule has 0 aromatic heterocycles. The fourth-order valence-electron chi connectivity index (χ4n) is 2.82. The Hall–Kier alpha value is -0.0800. The van der Waals surface area contributed by atoms with E-state index in [2.05, 4.69) is 19.0 Å². The predicted molar refractivity (Wildman–Crippen MR) is 49.1 cm³/mol. The first-order valence-electron chi connectivity index (χ1n) is 4.96. The van der Waals surface area contributed by atoms with Gasteiger partial charge in [0.1, 0.15) is 0 Å². The third-order valence-corrected chi connectivity index (χ3v) is 4.12. The van der Waals surface area contributed by atoms with Crippen molar-refractivity contribution in [2.75, 3.05) is 14.1 Å². The molecule has 0 amide bonds. The first-order chi connectivity index (χ1) is 5.56. The molecular formula is C10H19NO. The van der Waals surface area contributed by atoms with Gasteiger partial charge in [0.05, 0.1) is 5.60 Å². The molecule has 1 N–H and O–H groups in total. The maximum Gasteiger partial charge on any atom is 0.0649 e. The van der Waals surface area contributed by atoms with Crippen LogP contribution >= 0.6 is 0 Å². The fraction of sp³-hybridized carbons (Fsp3) is 1.00. The zero-order valence-electron chi connectivity index (χ0n) is 8.14. The first kappa shape index (κ1) is 8.52. The summed E-state index contributed by atoms with van der Waals surface area (Å²) in [6, 6.07) is 0. The minimum absolute atomic E-state index is 0.280. The van der Waals surface area contributed by atoms with Crippen molar-refractivity contribution in [3.05, 3.63) is 0 Å². The van der Waals surface area contributed by atoms with Crippen LogP contribution in [-0.4, -0.2) is 35.2 Å². The molecule has 3 fully saturated rings. The van der Waals surface area contributed by atoms with Crippen LogP contribution in [0.3, 0.4) is 0 Å².